The minimum absolute atomic E-state index is 0.510. The first kappa shape index (κ1) is 13.3. The van der Waals surface area contributed by atoms with Gasteiger partial charge in [0, 0.05) is 23.8 Å². The van der Waals surface area contributed by atoms with Crippen LogP contribution in [0.1, 0.15) is 24.8 Å². The Morgan fingerprint density at radius 3 is 2.55 bits per heavy atom. The maximum atomic E-state index is 12.6. The smallest absolute Gasteiger partial charge is 0.345 e. The number of halogens is 3. The van der Waals surface area contributed by atoms with Gasteiger partial charge < -0.3 is 4.90 Å². The minimum Gasteiger partial charge on any atom is -0.345 e. The van der Waals surface area contributed by atoms with E-state index in [1.165, 1.54) is 5.70 Å². The molecule has 1 aromatic carbocycles. The van der Waals surface area contributed by atoms with Gasteiger partial charge in [0.05, 0.1) is 5.56 Å². The first-order valence-corrected chi connectivity index (χ1v) is 6.87. The van der Waals surface area contributed by atoms with Gasteiger partial charge in [-0.15, -0.1) is 0 Å². The predicted octanol–water partition coefficient (Wildman–Crippen LogP) is 4.77. The van der Waals surface area contributed by atoms with Gasteiger partial charge in [-0.3, -0.25) is 0 Å². The Hall–Kier alpha value is -1.71. The summed E-state index contributed by atoms with van der Waals surface area (Å²) in [7, 11) is 0. The molecule has 0 aromatic heterocycles. The van der Waals surface area contributed by atoms with Crippen molar-refractivity contribution in [2.45, 2.75) is 25.4 Å². The van der Waals surface area contributed by atoms with Gasteiger partial charge in [-0.05, 0) is 49.6 Å². The third-order valence-electron chi connectivity index (χ3n) is 3.99. The van der Waals surface area contributed by atoms with Crippen LogP contribution in [-0.4, -0.2) is 6.54 Å². The van der Waals surface area contributed by atoms with Crippen molar-refractivity contribution in [3.05, 3.63) is 53.8 Å². The van der Waals surface area contributed by atoms with Crippen molar-refractivity contribution < 1.29 is 13.2 Å². The SMILES string of the molecule is FC(F)(F)c1ccc(N2CCCC3CC=CC=C32)cc1. The van der Waals surface area contributed by atoms with E-state index in [1.54, 1.807) is 12.1 Å². The summed E-state index contributed by atoms with van der Waals surface area (Å²) >= 11 is 0. The van der Waals surface area contributed by atoms with Crippen LogP contribution in [0.3, 0.4) is 0 Å². The summed E-state index contributed by atoms with van der Waals surface area (Å²) in [5.41, 5.74) is 1.50. The minimum atomic E-state index is -4.27. The van der Waals surface area contributed by atoms with Gasteiger partial charge in [-0.1, -0.05) is 12.2 Å². The summed E-state index contributed by atoms with van der Waals surface area (Å²) in [6.07, 6.45) is 5.28. The van der Waals surface area contributed by atoms with Gasteiger partial charge in [0.15, 0.2) is 0 Å². The van der Waals surface area contributed by atoms with Crippen LogP contribution < -0.4 is 4.90 Å². The molecule has 1 saturated heterocycles. The Morgan fingerprint density at radius 2 is 1.85 bits per heavy atom. The molecule has 1 aliphatic heterocycles. The molecular formula is C16H16F3N. The van der Waals surface area contributed by atoms with Crippen LogP contribution in [0.4, 0.5) is 18.9 Å². The number of piperidine rings is 1. The second-order valence-corrected chi connectivity index (χ2v) is 5.29. The van der Waals surface area contributed by atoms with Gasteiger partial charge in [-0.2, -0.15) is 13.2 Å². The maximum absolute atomic E-state index is 12.6. The van der Waals surface area contributed by atoms with Crippen molar-refractivity contribution in [3.8, 4) is 0 Å². The molecule has 1 unspecified atom stereocenters. The largest absolute Gasteiger partial charge is 0.416 e. The average molecular weight is 279 g/mol. The van der Waals surface area contributed by atoms with Crippen LogP contribution in [-0.2, 0) is 6.18 Å². The number of alkyl halides is 3. The van der Waals surface area contributed by atoms with Crippen molar-refractivity contribution in [2.24, 2.45) is 5.92 Å². The highest BCUT2D eigenvalue weighted by Gasteiger charge is 2.31. The van der Waals surface area contributed by atoms with E-state index in [2.05, 4.69) is 17.1 Å². The quantitative estimate of drug-likeness (QED) is 0.716. The second-order valence-electron chi connectivity index (χ2n) is 5.29. The number of rotatable bonds is 1. The molecule has 1 aliphatic carbocycles. The molecular weight excluding hydrogens is 263 g/mol. The van der Waals surface area contributed by atoms with Crippen molar-refractivity contribution in [3.63, 3.8) is 0 Å². The molecule has 1 aromatic rings. The van der Waals surface area contributed by atoms with Crippen molar-refractivity contribution in [2.75, 3.05) is 11.4 Å². The molecule has 106 valence electrons. The third-order valence-corrected chi connectivity index (χ3v) is 3.99. The lowest BCUT2D eigenvalue weighted by Crippen LogP contribution is -2.33. The number of nitrogens with zero attached hydrogens (tertiary/aromatic N) is 1. The molecule has 0 spiro atoms. The lowest BCUT2D eigenvalue weighted by molar-refractivity contribution is -0.137. The zero-order valence-electron chi connectivity index (χ0n) is 11.0. The van der Waals surface area contributed by atoms with E-state index in [0.29, 0.717) is 5.92 Å². The van der Waals surface area contributed by atoms with Crippen molar-refractivity contribution >= 4 is 5.69 Å². The number of hydrogen-bond donors (Lipinski definition) is 0. The highest BCUT2D eigenvalue weighted by Crippen LogP contribution is 2.37. The number of fused-ring (bicyclic) bond motifs is 1. The average Bonchev–Trinajstić information content (AvgIpc) is 2.46. The van der Waals surface area contributed by atoms with Crippen LogP contribution >= 0.6 is 0 Å². The van der Waals surface area contributed by atoms with Crippen LogP contribution in [0.2, 0.25) is 0 Å². The van der Waals surface area contributed by atoms with Crippen molar-refractivity contribution in [1.82, 2.24) is 0 Å². The first-order valence-electron chi connectivity index (χ1n) is 6.87. The lowest BCUT2D eigenvalue weighted by atomic mass is 9.87. The van der Waals surface area contributed by atoms with Gasteiger partial charge in [0.1, 0.15) is 0 Å². The standard InChI is InChI=1S/C16H16F3N/c17-16(18,19)13-7-9-14(10-8-13)20-11-3-5-12-4-1-2-6-15(12)20/h1-2,6-10,12H,3-5,11H2. The molecule has 2 aliphatic rings. The zero-order chi connectivity index (χ0) is 14.2. The lowest BCUT2D eigenvalue weighted by Gasteiger charge is -2.38. The number of allylic oxidation sites excluding steroid dienone is 4. The van der Waals surface area contributed by atoms with E-state index in [4.69, 9.17) is 0 Å². The summed E-state index contributed by atoms with van der Waals surface area (Å²) < 4.78 is 37.8. The highest BCUT2D eigenvalue weighted by molar-refractivity contribution is 5.55. The molecule has 0 radical (unpaired) electrons. The number of hydrogen-bond acceptors (Lipinski definition) is 1. The Labute approximate surface area is 116 Å². The highest BCUT2D eigenvalue weighted by atomic mass is 19.4. The Morgan fingerprint density at radius 1 is 1.10 bits per heavy atom. The second kappa shape index (κ2) is 5.00. The van der Waals surface area contributed by atoms with Crippen LogP contribution in [0.25, 0.3) is 0 Å². The molecule has 0 N–H and O–H groups in total. The van der Waals surface area contributed by atoms with Crippen LogP contribution in [0, 0.1) is 5.92 Å². The molecule has 4 heteroatoms. The summed E-state index contributed by atoms with van der Waals surface area (Å²) in [4.78, 5) is 2.15. The molecule has 3 rings (SSSR count). The summed E-state index contributed by atoms with van der Waals surface area (Å²) in [6, 6.07) is 5.48. The summed E-state index contributed by atoms with van der Waals surface area (Å²) in [5.74, 6) is 0.510. The topological polar surface area (TPSA) is 3.24 Å². The normalized spacial score (nSPS) is 22.4. The third kappa shape index (κ3) is 2.47. The number of anilines is 1. The number of benzene rings is 1. The predicted molar refractivity (Wildman–Crippen MR) is 73.4 cm³/mol. The molecule has 1 nitrogen and oxygen atoms in total. The molecule has 1 heterocycles. The van der Waals surface area contributed by atoms with E-state index in [9.17, 15) is 13.2 Å². The maximum Gasteiger partial charge on any atom is 0.416 e. The van der Waals surface area contributed by atoms with E-state index in [1.807, 2.05) is 6.08 Å². The van der Waals surface area contributed by atoms with E-state index >= 15 is 0 Å². The van der Waals surface area contributed by atoms with Crippen molar-refractivity contribution in [1.29, 1.82) is 0 Å². The molecule has 20 heavy (non-hydrogen) atoms. The fourth-order valence-electron chi connectivity index (χ4n) is 2.98. The fraction of sp³-hybridized carbons (Fsp3) is 0.375. The Kier molecular flexibility index (Phi) is 3.32. The van der Waals surface area contributed by atoms with Crippen LogP contribution in [0.15, 0.2) is 48.2 Å². The Bertz CT molecular complexity index is 540. The molecule has 0 bridgehead atoms. The van der Waals surface area contributed by atoms with Gasteiger partial charge in [0.25, 0.3) is 0 Å². The summed E-state index contributed by atoms with van der Waals surface area (Å²) in [6.45, 7) is 0.877. The van der Waals surface area contributed by atoms with E-state index in [0.717, 1.165) is 43.6 Å². The van der Waals surface area contributed by atoms with Crippen LogP contribution in [0.5, 0.6) is 0 Å². The van der Waals surface area contributed by atoms with Gasteiger partial charge >= 0.3 is 6.18 Å². The zero-order valence-corrected chi connectivity index (χ0v) is 11.0. The van der Waals surface area contributed by atoms with Gasteiger partial charge in [-0.25, -0.2) is 0 Å². The molecule has 0 amide bonds. The van der Waals surface area contributed by atoms with E-state index < -0.39 is 11.7 Å². The molecule has 1 atom stereocenters. The molecule has 1 fully saturated rings. The van der Waals surface area contributed by atoms with E-state index in [-0.39, 0.29) is 0 Å². The van der Waals surface area contributed by atoms with Gasteiger partial charge in [0.2, 0.25) is 0 Å². The Balaban J connectivity index is 1.88. The summed E-state index contributed by atoms with van der Waals surface area (Å²) in [5, 5.41) is 0. The first-order chi connectivity index (χ1) is 9.55. The monoisotopic (exact) mass is 279 g/mol. The fourth-order valence-corrected chi connectivity index (χ4v) is 2.98. The molecule has 0 saturated carbocycles.